The van der Waals surface area contributed by atoms with E-state index in [-0.39, 0.29) is 19.1 Å². The molecule has 2 aliphatic heterocycles. The fraction of sp³-hybridized carbons (Fsp3) is 0.333. The number of nitrogens with one attached hydrogen (secondary N) is 1. The van der Waals surface area contributed by atoms with E-state index >= 15 is 0 Å². The minimum absolute atomic E-state index is 0.0700. The fourth-order valence-corrected chi connectivity index (χ4v) is 3.20. The van der Waals surface area contributed by atoms with Crippen molar-refractivity contribution in [3.63, 3.8) is 0 Å². The number of hydrogen-bond acceptors (Lipinski definition) is 7. The molecule has 2 atom stereocenters. The molecule has 3 aromatic rings. The van der Waals surface area contributed by atoms with Crippen molar-refractivity contribution >= 4 is 5.82 Å². The van der Waals surface area contributed by atoms with Gasteiger partial charge in [0.05, 0.1) is 12.2 Å². The highest BCUT2D eigenvalue weighted by Crippen LogP contribution is 2.47. The smallest absolute Gasteiger partial charge is 0.231 e. The van der Waals surface area contributed by atoms with Crippen molar-refractivity contribution in [2.75, 3.05) is 12.1 Å². The van der Waals surface area contributed by atoms with Crippen LogP contribution in [0.3, 0.4) is 0 Å². The van der Waals surface area contributed by atoms with E-state index in [0.717, 1.165) is 39.9 Å². The van der Waals surface area contributed by atoms with Gasteiger partial charge in [-0.1, -0.05) is 17.3 Å². The van der Waals surface area contributed by atoms with Crippen molar-refractivity contribution < 1.29 is 18.7 Å². The lowest BCUT2D eigenvalue weighted by atomic mass is 10.1. The molecule has 2 aliphatic rings. The Hall–Kier alpha value is -3.00. The zero-order chi connectivity index (χ0) is 17.7. The van der Waals surface area contributed by atoms with Crippen LogP contribution in [0.5, 0.6) is 11.5 Å². The highest BCUT2D eigenvalue weighted by atomic mass is 16.7. The van der Waals surface area contributed by atoms with Gasteiger partial charge in [-0.2, -0.15) is 5.10 Å². The van der Waals surface area contributed by atoms with Gasteiger partial charge in [0.25, 0.3) is 0 Å². The third-order valence-corrected chi connectivity index (χ3v) is 4.66. The Kier molecular flexibility index (Phi) is 3.39. The first-order valence-corrected chi connectivity index (χ1v) is 8.45. The predicted molar refractivity (Wildman–Crippen MR) is 91.1 cm³/mol. The lowest BCUT2D eigenvalue weighted by Gasteiger charge is -2.03. The van der Waals surface area contributed by atoms with Gasteiger partial charge >= 0.3 is 0 Å². The first-order valence-electron chi connectivity index (χ1n) is 8.45. The van der Waals surface area contributed by atoms with Gasteiger partial charge in [0.15, 0.2) is 17.7 Å². The third-order valence-electron chi connectivity index (χ3n) is 4.66. The van der Waals surface area contributed by atoms with Crippen LogP contribution in [0.15, 0.2) is 35.0 Å². The molecule has 4 heterocycles. The summed E-state index contributed by atoms with van der Waals surface area (Å²) in [6.07, 6.45) is 1.72. The molecule has 0 amide bonds. The van der Waals surface area contributed by atoms with E-state index in [0.29, 0.717) is 6.54 Å². The minimum Gasteiger partial charge on any atom is -0.454 e. The van der Waals surface area contributed by atoms with Gasteiger partial charge in [0, 0.05) is 23.4 Å². The monoisotopic (exact) mass is 354 g/mol. The number of aromatic nitrogens is 3. The van der Waals surface area contributed by atoms with Crippen LogP contribution in [0.4, 0.5) is 5.82 Å². The van der Waals surface area contributed by atoms with E-state index in [1.807, 2.05) is 49.0 Å². The molecule has 1 saturated heterocycles. The van der Waals surface area contributed by atoms with E-state index < -0.39 is 0 Å². The van der Waals surface area contributed by atoms with Crippen LogP contribution < -0.4 is 14.8 Å². The third kappa shape index (κ3) is 2.59. The normalized spacial score (nSPS) is 20.4. The van der Waals surface area contributed by atoms with Crippen molar-refractivity contribution in [1.29, 1.82) is 0 Å². The minimum atomic E-state index is -0.131. The number of rotatable bonds is 5. The predicted octanol–water partition coefficient (Wildman–Crippen LogP) is 2.77. The van der Waals surface area contributed by atoms with Crippen LogP contribution in [0, 0.1) is 13.8 Å². The maximum Gasteiger partial charge on any atom is 0.231 e. The molecule has 134 valence electrons. The maximum absolute atomic E-state index is 5.76. The summed E-state index contributed by atoms with van der Waals surface area (Å²) in [6.45, 7) is 4.71. The molecule has 0 bridgehead atoms. The summed E-state index contributed by atoms with van der Waals surface area (Å²) in [6, 6.07) is 7.76. The summed E-state index contributed by atoms with van der Waals surface area (Å²) < 4.78 is 23.8. The van der Waals surface area contributed by atoms with Gasteiger partial charge < -0.3 is 24.1 Å². The molecular formula is C18H18N4O4. The van der Waals surface area contributed by atoms with Crippen LogP contribution in [0.2, 0.25) is 0 Å². The van der Waals surface area contributed by atoms with E-state index in [4.69, 9.17) is 18.7 Å². The Morgan fingerprint density at radius 3 is 3.00 bits per heavy atom. The average molecular weight is 354 g/mol. The summed E-state index contributed by atoms with van der Waals surface area (Å²) in [5, 5.41) is 11.8. The Bertz CT molecular complexity index is 945. The molecule has 2 unspecified atom stereocenters. The van der Waals surface area contributed by atoms with Crippen molar-refractivity contribution in [2.24, 2.45) is 0 Å². The molecule has 0 spiro atoms. The van der Waals surface area contributed by atoms with Crippen LogP contribution >= 0.6 is 0 Å². The van der Waals surface area contributed by atoms with Crippen molar-refractivity contribution in [2.45, 2.75) is 32.7 Å². The van der Waals surface area contributed by atoms with E-state index in [9.17, 15) is 0 Å². The topological polar surface area (TPSA) is 86.9 Å². The van der Waals surface area contributed by atoms with Gasteiger partial charge in [0.1, 0.15) is 17.7 Å². The van der Waals surface area contributed by atoms with Gasteiger partial charge in [-0.3, -0.25) is 4.68 Å². The summed E-state index contributed by atoms with van der Waals surface area (Å²) in [4.78, 5) is 0. The van der Waals surface area contributed by atoms with E-state index in [2.05, 4.69) is 15.6 Å². The molecule has 26 heavy (non-hydrogen) atoms. The molecular weight excluding hydrogens is 336 g/mol. The fourth-order valence-electron chi connectivity index (χ4n) is 3.20. The van der Waals surface area contributed by atoms with Crippen molar-refractivity contribution in [3.8, 4) is 11.5 Å². The number of aryl methyl sites for hydroxylation is 2. The van der Waals surface area contributed by atoms with Crippen molar-refractivity contribution in [1.82, 2.24) is 14.9 Å². The Morgan fingerprint density at radius 1 is 1.23 bits per heavy atom. The number of epoxide rings is 1. The molecule has 5 rings (SSSR count). The maximum atomic E-state index is 5.76. The molecule has 0 radical (unpaired) electrons. The molecule has 0 saturated carbocycles. The van der Waals surface area contributed by atoms with Crippen LogP contribution in [-0.2, 0) is 11.3 Å². The number of para-hydroxylation sites is 1. The largest absolute Gasteiger partial charge is 0.454 e. The first-order chi connectivity index (χ1) is 12.7. The second kappa shape index (κ2) is 5.77. The molecule has 8 nitrogen and oxygen atoms in total. The number of fused-ring (bicyclic) bond motifs is 1. The molecule has 1 aromatic carbocycles. The quantitative estimate of drug-likeness (QED) is 0.705. The van der Waals surface area contributed by atoms with Gasteiger partial charge in [-0.25, -0.2) is 0 Å². The molecule has 8 heteroatoms. The first kappa shape index (κ1) is 15.3. The van der Waals surface area contributed by atoms with Gasteiger partial charge in [0.2, 0.25) is 6.79 Å². The molecule has 1 fully saturated rings. The number of benzene rings is 1. The average Bonchev–Trinajstić information content (AvgIpc) is 2.98. The Balaban J connectivity index is 1.26. The summed E-state index contributed by atoms with van der Waals surface area (Å²) >= 11 is 0. The van der Waals surface area contributed by atoms with E-state index in [1.165, 1.54) is 0 Å². The standard InChI is InChI=1S/C18H18N4O4/c1-10-13(11(2)26-21-10)8-22-7-6-15(20-22)19-18-17(25-18)12-4-3-5-14-16(12)24-9-23-14/h3-7,17-18H,8-9H2,1-2H3,(H,19,20). The molecule has 0 aliphatic carbocycles. The Morgan fingerprint density at radius 2 is 2.15 bits per heavy atom. The van der Waals surface area contributed by atoms with Crippen molar-refractivity contribution in [3.05, 3.63) is 53.0 Å². The second-order valence-electron chi connectivity index (χ2n) is 6.40. The number of ether oxygens (including phenoxy) is 3. The lowest BCUT2D eigenvalue weighted by molar-refractivity contribution is 0.173. The number of hydrogen-bond donors (Lipinski definition) is 1. The van der Waals surface area contributed by atoms with E-state index in [1.54, 1.807) is 0 Å². The summed E-state index contributed by atoms with van der Waals surface area (Å²) in [5.41, 5.74) is 2.93. The van der Waals surface area contributed by atoms with Crippen LogP contribution in [-0.4, -0.2) is 28.0 Å². The van der Waals surface area contributed by atoms with Crippen LogP contribution in [0.25, 0.3) is 0 Å². The number of nitrogens with zero attached hydrogens (tertiary/aromatic N) is 3. The molecule has 2 aromatic heterocycles. The second-order valence-corrected chi connectivity index (χ2v) is 6.40. The van der Waals surface area contributed by atoms with Gasteiger partial charge in [-0.05, 0) is 19.9 Å². The SMILES string of the molecule is Cc1noc(C)c1Cn1ccc(NC2OC2c2cccc3c2OCO3)n1. The van der Waals surface area contributed by atoms with Crippen LogP contribution in [0.1, 0.15) is 28.7 Å². The summed E-state index contributed by atoms with van der Waals surface area (Å²) in [7, 11) is 0. The number of anilines is 1. The highest BCUT2D eigenvalue weighted by Gasteiger charge is 2.43. The highest BCUT2D eigenvalue weighted by molar-refractivity contribution is 5.51. The summed E-state index contributed by atoms with van der Waals surface area (Å²) in [5.74, 6) is 3.11. The Labute approximate surface area is 149 Å². The zero-order valence-electron chi connectivity index (χ0n) is 14.4. The zero-order valence-corrected chi connectivity index (χ0v) is 14.4. The molecule has 1 N–H and O–H groups in total. The van der Waals surface area contributed by atoms with Gasteiger partial charge in [-0.15, -0.1) is 0 Å². The lowest BCUT2D eigenvalue weighted by Crippen LogP contribution is -2.07.